The van der Waals surface area contributed by atoms with E-state index in [0.29, 0.717) is 26.8 Å². The van der Waals surface area contributed by atoms with Crippen molar-refractivity contribution in [2.24, 2.45) is 0 Å². The molecule has 0 unspecified atom stereocenters. The Morgan fingerprint density at radius 1 is 1.31 bits per heavy atom. The lowest BCUT2D eigenvalue weighted by Gasteiger charge is -2.08. The van der Waals surface area contributed by atoms with E-state index in [1.54, 1.807) is 22.9 Å². The van der Waals surface area contributed by atoms with E-state index in [4.69, 9.17) is 27.6 Å². The van der Waals surface area contributed by atoms with Gasteiger partial charge >= 0.3 is 0 Å². The highest BCUT2D eigenvalue weighted by Gasteiger charge is 2.18. The predicted molar refractivity (Wildman–Crippen MR) is 101 cm³/mol. The molecule has 0 fully saturated rings. The molecule has 0 bridgehead atoms. The van der Waals surface area contributed by atoms with Crippen LogP contribution in [0.1, 0.15) is 24.6 Å². The summed E-state index contributed by atoms with van der Waals surface area (Å²) in [5.41, 5.74) is 1.29. The molecule has 10 heteroatoms. The van der Waals surface area contributed by atoms with Gasteiger partial charge in [-0.15, -0.1) is 10.2 Å². The fraction of sp³-hybridized carbons (Fsp3) is 0.250. The molecule has 136 valence electrons. The van der Waals surface area contributed by atoms with Crippen LogP contribution in [-0.4, -0.2) is 31.6 Å². The highest BCUT2D eigenvalue weighted by atomic mass is 35.5. The maximum atomic E-state index is 12.1. The van der Waals surface area contributed by atoms with Crippen LogP contribution in [0.2, 0.25) is 10.0 Å². The fourth-order valence-corrected chi connectivity index (χ4v) is 3.19. The van der Waals surface area contributed by atoms with Gasteiger partial charge in [0.25, 0.3) is 5.22 Å². The van der Waals surface area contributed by atoms with E-state index in [2.05, 4.69) is 20.6 Å². The minimum absolute atomic E-state index is 0.0818. The molecule has 1 amide bonds. The summed E-state index contributed by atoms with van der Waals surface area (Å²) in [4.78, 5) is 12.1. The number of hydrogen-bond donors (Lipinski definition) is 1. The van der Waals surface area contributed by atoms with E-state index < -0.39 is 0 Å². The van der Waals surface area contributed by atoms with Crippen molar-refractivity contribution in [3.8, 4) is 0 Å². The highest BCUT2D eigenvalue weighted by molar-refractivity contribution is 7.99. The van der Waals surface area contributed by atoms with Crippen LogP contribution in [0, 0.1) is 6.92 Å². The van der Waals surface area contributed by atoms with Gasteiger partial charge < -0.3 is 9.73 Å². The van der Waals surface area contributed by atoms with Crippen LogP contribution in [-0.2, 0) is 4.79 Å². The van der Waals surface area contributed by atoms with Gasteiger partial charge in [-0.05, 0) is 32.0 Å². The van der Waals surface area contributed by atoms with Crippen LogP contribution in [0.25, 0.3) is 0 Å². The molecule has 1 atom stereocenters. The second kappa shape index (κ2) is 8.11. The number of carbonyl (C=O) groups is 1. The molecule has 0 aliphatic heterocycles. The average molecular weight is 412 g/mol. The Labute approximate surface area is 164 Å². The number of aromatic nitrogens is 4. The van der Waals surface area contributed by atoms with E-state index in [0.717, 1.165) is 17.5 Å². The number of amides is 1. The zero-order valence-corrected chi connectivity index (χ0v) is 16.3. The fourth-order valence-electron chi connectivity index (χ4n) is 2.13. The van der Waals surface area contributed by atoms with Gasteiger partial charge in [-0.2, -0.15) is 5.10 Å². The SMILES string of the molecule is Cc1ccn([C@@H](C)c2nnc(SCC(=O)Nc3c(Cl)cccc3Cl)o2)n1. The Morgan fingerprint density at radius 3 is 2.69 bits per heavy atom. The molecule has 0 saturated carbocycles. The predicted octanol–water partition coefficient (Wildman–Crippen LogP) is 4.22. The Kier molecular flexibility index (Phi) is 5.85. The van der Waals surface area contributed by atoms with Crippen molar-refractivity contribution in [1.82, 2.24) is 20.0 Å². The van der Waals surface area contributed by atoms with Gasteiger partial charge in [0.2, 0.25) is 11.8 Å². The molecule has 0 spiro atoms. The van der Waals surface area contributed by atoms with E-state index in [-0.39, 0.29) is 17.7 Å². The highest BCUT2D eigenvalue weighted by Crippen LogP contribution is 2.30. The molecule has 3 aromatic rings. The normalized spacial score (nSPS) is 12.2. The molecule has 0 radical (unpaired) electrons. The Bertz CT molecular complexity index is 907. The number of nitrogens with zero attached hydrogens (tertiary/aromatic N) is 4. The smallest absolute Gasteiger partial charge is 0.277 e. The monoisotopic (exact) mass is 411 g/mol. The Balaban J connectivity index is 1.58. The van der Waals surface area contributed by atoms with Crippen molar-refractivity contribution in [2.75, 3.05) is 11.1 Å². The number of nitrogens with one attached hydrogen (secondary N) is 1. The average Bonchev–Trinajstić information content (AvgIpc) is 3.25. The first kappa shape index (κ1) is 18.8. The van der Waals surface area contributed by atoms with Crippen LogP contribution in [0.4, 0.5) is 5.69 Å². The summed E-state index contributed by atoms with van der Waals surface area (Å²) < 4.78 is 7.34. The Morgan fingerprint density at radius 2 is 2.04 bits per heavy atom. The summed E-state index contributed by atoms with van der Waals surface area (Å²) in [6, 6.07) is 6.71. The third kappa shape index (κ3) is 4.38. The zero-order chi connectivity index (χ0) is 18.7. The number of carbonyl (C=O) groups excluding carboxylic acids is 1. The number of rotatable bonds is 6. The third-order valence-corrected chi connectivity index (χ3v) is 4.92. The van der Waals surface area contributed by atoms with Gasteiger partial charge in [-0.1, -0.05) is 41.0 Å². The second-order valence-electron chi connectivity index (χ2n) is 5.45. The van der Waals surface area contributed by atoms with Crippen molar-refractivity contribution < 1.29 is 9.21 Å². The van der Waals surface area contributed by atoms with Gasteiger partial charge in [0, 0.05) is 6.20 Å². The molecule has 2 aromatic heterocycles. The number of aryl methyl sites for hydroxylation is 1. The maximum absolute atomic E-state index is 12.1. The molecule has 3 rings (SSSR count). The first-order valence-corrected chi connectivity index (χ1v) is 9.40. The number of benzene rings is 1. The minimum atomic E-state index is -0.277. The lowest BCUT2D eigenvalue weighted by molar-refractivity contribution is -0.113. The second-order valence-corrected chi connectivity index (χ2v) is 7.19. The molecular weight excluding hydrogens is 397 g/mol. The molecular formula is C16H15Cl2N5O2S. The maximum Gasteiger partial charge on any atom is 0.277 e. The van der Waals surface area contributed by atoms with Gasteiger partial charge in [0.1, 0.15) is 6.04 Å². The van der Waals surface area contributed by atoms with Gasteiger partial charge in [-0.25, -0.2) is 0 Å². The van der Waals surface area contributed by atoms with Crippen LogP contribution in [0.5, 0.6) is 0 Å². The molecule has 26 heavy (non-hydrogen) atoms. The Hall–Kier alpha value is -2.03. The van der Waals surface area contributed by atoms with E-state index >= 15 is 0 Å². The molecule has 0 aliphatic rings. The number of anilines is 1. The van der Waals surface area contributed by atoms with E-state index in [1.165, 1.54) is 0 Å². The lowest BCUT2D eigenvalue weighted by atomic mass is 10.3. The first-order valence-electron chi connectivity index (χ1n) is 7.66. The van der Waals surface area contributed by atoms with Crippen molar-refractivity contribution in [1.29, 1.82) is 0 Å². The van der Waals surface area contributed by atoms with Crippen molar-refractivity contribution in [2.45, 2.75) is 25.1 Å². The standard InChI is InChI=1S/C16H15Cl2N5O2S/c1-9-6-7-23(22-9)10(2)15-20-21-16(25-15)26-8-13(24)19-14-11(17)4-3-5-12(14)18/h3-7,10H,8H2,1-2H3,(H,19,24)/t10-/m0/s1. The first-order chi connectivity index (χ1) is 12.4. The summed E-state index contributed by atoms with van der Waals surface area (Å²) >= 11 is 13.2. The summed E-state index contributed by atoms with van der Waals surface area (Å²) in [6.07, 6.45) is 1.85. The summed E-state index contributed by atoms with van der Waals surface area (Å²) in [5, 5.41) is 16.0. The molecule has 1 aromatic carbocycles. The zero-order valence-electron chi connectivity index (χ0n) is 13.9. The van der Waals surface area contributed by atoms with Crippen LogP contribution < -0.4 is 5.32 Å². The van der Waals surface area contributed by atoms with E-state index in [1.807, 2.05) is 26.1 Å². The summed E-state index contributed by atoms with van der Waals surface area (Å²) in [5.74, 6) is 0.226. The molecule has 0 saturated heterocycles. The van der Waals surface area contributed by atoms with Crippen molar-refractivity contribution in [3.63, 3.8) is 0 Å². The molecule has 7 nitrogen and oxygen atoms in total. The number of halogens is 2. The van der Waals surface area contributed by atoms with Gasteiger partial charge in [-0.3, -0.25) is 9.48 Å². The van der Waals surface area contributed by atoms with Gasteiger partial charge in [0.15, 0.2) is 0 Å². The van der Waals surface area contributed by atoms with Gasteiger partial charge in [0.05, 0.1) is 27.2 Å². The molecule has 1 N–H and O–H groups in total. The van der Waals surface area contributed by atoms with E-state index in [9.17, 15) is 4.79 Å². The molecule has 0 aliphatic carbocycles. The number of thioether (sulfide) groups is 1. The molecule has 2 heterocycles. The number of hydrogen-bond acceptors (Lipinski definition) is 6. The van der Waals surface area contributed by atoms with Crippen LogP contribution >= 0.6 is 35.0 Å². The lowest BCUT2D eigenvalue weighted by Crippen LogP contribution is -2.14. The third-order valence-electron chi connectivity index (χ3n) is 3.47. The summed E-state index contributed by atoms with van der Waals surface area (Å²) in [7, 11) is 0. The number of para-hydroxylation sites is 1. The topological polar surface area (TPSA) is 85.8 Å². The summed E-state index contributed by atoms with van der Waals surface area (Å²) in [6.45, 7) is 3.81. The van der Waals surface area contributed by atoms with Crippen molar-refractivity contribution in [3.05, 3.63) is 52.1 Å². The minimum Gasteiger partial charge on any atom is -0.414 e. The van der Waals surface area contributed by atoms with Crippen LogP contribution in [0.3, 0.4) is 0 Å². The quantitative estimate of drug-likeness (QED) is 0.610. The largest absolute Gasteiger partial charge is 0.414 e. The van der Waals surface area contributed by atoms with Crippen LogP contribution in [0.15, 0.2) is 40.1 Å². The van der Waals surface area contributed by atoms with Crippen molar-refractivity contribution >= 4 is 46.6 Å².